The third kappa shape index (κ3) is 6.42. The van der Waals surface area contributed by atoms with Crippen molar-refractivity contribution >= 4 is 33.4 Å². The second-order valence-electron chi connectivity index (χ2n) is 13.1. The van der Waals surface area contributed by atoms with Gasteiger partial charge in [0.05, 0.1) is 36.3 Å². The van der Waals surface area contributed by atoms with Gasteiger partial charge < -0.3 is 19.5 Å². The van der Waals surface area contributed by atoms with Crippen molar-refractivity contribution < 1.29 is 32.0 Å². The highest BCUT2D eigenvalue weighted by Gasteiger charge is 2.46. The Hall–Kier alpha value is -2.33. The first-order valence-electron chi connectivity index (χ1n) is 15.5. The molecule has 0 aromatic heterocycles. The summed E-state index contributed by atoms with van der Waals surface area (Å²) >= 11 is 6.40. The Balaban J connectivity index is 1.28. The molecule has 8 nitrogen and oxygen atoms in total. The number of aryl methyl sites for hydroxylation is 1. The lowest BCUT2D eigenvalue weighted by Crippen LogP contribution is -2.51. The van der Waals surface area contributed by atoms with E-state index in [0.29, 0.717) is 24.9 Å². The van der Waals surface area contributed by atoms with E-state index in [1.165, 1.54) is 11.1 Å². The summed E-state index contributed by atoms with van der Waals surface area (Å²) in [6.45, 7) is 2.02. The van der Waals surface area contributed by atoms with Gasteiger partial charge in [-0.1, -0.05) is 24.1 Å². The fourth-order valence-corrected chi connectivity index (χ4v) is 9.18. The van der Waals surface area contributed by atoms with E-state index in [-0.39, 0.29) is 29.1 Å². The molecule has 1 N–H and O–H groups in total. The molecule has 2 saturated carbocycles. The van der Waals surface area contributed by atoms with Crippen molar-refractivity contribution in [1.82, 2.24) is 0 Å². The van der Waals surface area contributed by atoms with Crippen LogP contribution in [0.15, 0.2) is 36.4 Å². The predicted octanol–water partition coefficient (Wildman–Crippen LogP) is 6.09. The number of rotatable bonds is 8. The lowest BCUT2D eigenvalue weighted by Gasteiger charge is -2.48. The first-order chi connectivity index (χ1) is 20.5. The average Bonchev–Trinajstić information content (AvgIpc) is 3.10. The average molecular weight is 632 g/mol. The topological polar surface area (TPSA) is 102 Å². The molecule has 0 amide bonds. The molecule has 234 valence electrons. The lowest BCUT2D eigenvalue weighted by molar-refractivity contribution is -0.0693. The molecule has 2 fully saturated rings. The Morgan fingerprint density at radius 1 is 1.16 bits per heavy atom. The van der Waals surface area contributed by atoms with Gasteiger partial charge >= 0.3 is 5.97 Å². The van der Waals surface area contributed by atoms with Gasteiger partial charge in [0.1, 0.15) is 5.75 Å². The van der Waals surface area contributed by atoms with Crippen LogP contribution < -0.4 is 9.64 Å². The second-order valence-corrected chi connectivity index (χ2v) is 15.2. The van der Waals surface area contributed by atoms with Crippen LogP contribution in [0.1, 0.15) is 72.9 Å². The van der Waals surface area contributed by atoms with E-state index in [4.69, 9.17) is 25.3 Å². The van der Waals surface area contributed by atoms with Crippen LogP contribution in [-0.4, -0.2) is 64.8 Å². The van der Waals surface area contributed by atoms with Gasteiger partial charge in [-0.05, 0) is 111 Å². The number of hydrogen-bond acceptors (Lipinski definition) is 7. The maximum Gasteiger partial charge on any atom is 0.335 e. The highest BCUT2D eigenvalue weighted by molar-refractivity contribution is 7.86. The molecule has 43 heavy (non-hydrogen) atoms. The third-order valence-electron chi connectivity index (χ3n) is 10.4. The van der Waals surface area contributed by atoms with Crippen LogP contribution in [0.25, 0.3) is 0 Å². The summed E-state index contributed by atoms with van der Waals surface area (Å²) in [7, 11) is -1.74. The number of fused-ring (bicyclic) bond motifs is 3. The molecule has 3 aliphatic carbocycles. The van der Waals surface area contributed by atoms with Crippen LogP contribution in [-0.2, 0) is 30.9 Å². The van der Waals surface area contributed by atoms with Crippen molar-refractivity contribution in [2.45, 2.75) is 75.4 Å². The van der Waals surface area contributed by atoms with E-state index in [1.54, 1.807) is 25.3 Å². The minimum Gasteiger partial charge on any atom is -0.490 e. The number of methoxy groups -OCH3 is 1. The quantitative estimate of drug-likeness (QED) is 0.350. The van der Waals surface area contributed by atoms with Crippen molar-refractivity contribution in [3.05, 3.63) is 58.1 Å². The van der Waals surface area contributed by atoms with Gasteiger partial charge in [-0.25, -0.2) is 4.79 Å². The monoisotopic (exact) mass is 631 g/mol. The number of carbonyl (C=O) groups is 1. The molecular weight excluding hydrogens is 590 g/mol. The Morgan fingerprint density at radius 2 is 2.00 bits per heavy atom. The van der Waals surface area contributed by atoms with Crippen LogP contribution in [0.4, 0.5) is 5.69 Å². The number of aromatic carboxylic acids is 1. The summed E-state index contributed by atoms with van der Waals surface area (Å²) < 4.78 is 41.7. The molecule has 6 rings (SSSR count). The molecule has 10 heteroatoms. The SMILES string of the molecule is COC([C@H]1CCC[C@@H](OS(C)(=O)=O)C1)[C@@H]1CC[C@H]1CN1CC2(CCCc3cc(Cl)ccc32)COc2ccc(C(=O)O)cc21. The summed E-state index contributed by atoms with van der Waals surface area (Å²) in [5, 5.41) is 10.6. The van der Waals surface area contributed by atoms with Gasteiger partial charge in [0.25, 0.3) is 10.1 Å². The number of carboxylic acid groups (broad SMARTS) is 1. The summed E-state index contributed by atoms with van der Waals surface area (Å²) in [4.78, 5) is 14.4. The molecule has 2 aromatic rings. The summed E-state index contributed by atoms with van der Waals surface area (Å²) in [5.41, 5.74) is 3.39. The van der Waals surface area contributed by atoms with Crippen molar-refractivity contribution in [3.8, 4) is 5.75 Å². The zero-order valence-electron chi connectivity index (χ0n) is 25.0. The van der Waals surface area contributed by atoms with Gasteiger partial charge in [0.15, 0.2) is 0 Å². The van der Waals surface area contributed by atoms with Crippen LogP contribution >= 0.6 is 11.6 Å². The standard InChI is InChI=1S/C33H42ClNO7S/c1-40-31(22-5-3-7-26(16-22)42-43(2,38)39)27-11-8-24(27)18-35-19-33(14-4-6-21-15-25(34)10-12-28(21)33)20-41-30-13-9-23(32(36)37)17-29(30)35/h9-10,12-13,15,17,22,24,26-27,31H,3-8,11,14,16,18-20H2,1-2H3,(H,36,37)/t22-,24-,26+,27+,31?,33?/m0/s1. The molecule has 0 radical (unpaired) electrons. The van der Waals surface area contributed by atoms with Crippen LogP contribution in [0.2, 0.25) is 5.02 Å². The molecule has 4 aliphatic rings. The van der Waals surface area contributed by atoms with Gasteiger partial charge in [-0.3, -0.25) is 4.18 Å². The van der Waals surface area contributed by atoms with E-state index < -0.39 is 16.1 Å². The molecule has 0 bridgehead atoms. The summed E-state index contributed by atoms with van der Waals surface area (Å²) in [5.74, 6) is 0.679. The first-order valence-corrected chi connectivity index (χ1v) is 17.7. The predicted molar refractivity (Wildman–Crippen MR) is 166 cm³/mol. The largest absolute Gasteiger partial charge is 0.490 e. The van der Waals surface area contributed by atoms with E-state index >= 15 is 0 Å². The Morgan fingerprint density at radius 3 is 2.72 bits per heavy atom. The number of ether oxygens (including phenoxy) is 2. The van der Waals surface area contributed by atoms with E-state index in [1.807, 2.05) is 6.07 Å². The fraction of sp³-hybridized carbons (Fsp3) is 0.606. The normalized spacial score (nSPS) is 29.5. The number of hydrogen-bond donors (Lipinski definition) is 1. The highest BCUT2D eigenvalue weighted by atomic mass is 35.5. The molecule has 6 atom stereocenters. The molecular formula is C33H42ClNO7S. The maximum absolute atomic E-state index is 12.0. The van der Waals surface area contributed by atoms with Crippen molar-refractivity contribution in [3.63, 3.8) is 0 Å². The number of nitrogens with zero attached hydrogens (tertiary/aromatic N) is 1. The maximum atomic E-state index is 12.0. The highest BCUT2D eigenvalue weighted by Crippen LogP contribution is 2.48. The number of halogens is 1. The second kappa shape index (κ2) is 12.2. The zero-order chi connectivity index (χ0) is 30.4. The molecule has 0 saturated heterocycles. The molecule has 2 aromatic carbocycles. The summed E-state index contributed by atoms with van der Waals surface area (Å²) in [6, 6.07) is 11.4. The first kappa shape index (κ1) is 30.7. The van der Waals surface area contributed by atoms with Crippen LogP contribution in [0.5, 0.6) is 5.75 Å². The summed E-state index contributed by atoms with van der Waals surface area (Å²) in [6.07, 6.45) is 9.31. The molecule has 1 aliphatic heterocycles. The van der Waals surface area contributed by atoms with Gasteiger partial charge in [0.2, 0.25) is 0 Å². The van der Waals surface area contributed by atoms with Crippen molar-refractivity contribution in [2.75, 3.05) is 38.0 Å². The smallest absolute Gasteiger partial charge is 0.335 e. The van der Waals surface area contributed by atoms with Gasteiger partial charge in [-0.2, -0.15) is 8.42 Å². The molecule has 2 unspecified atom stereocenters. The third-order valence-corrected chi connectivity index (χ3v) is 11.2. The van der Waals surface area contributed by atoms with Gasteiger partial charge in [-0.15, -0.1) is 0 Å². The minimum atomic E-state index is -3.51. The van der Waals surface area contributed by atoms with Crippen molar-refractivity contribution in [2.24, 2.45) is 17.8 Å². The number of anilines is 1. The Labute approximate surface area is 259 Å². The van der Waals surface area contributed by atoms with E-state index in [2.05, 4.69) is 17.0 Å². The Kier molecular flexibility index (Phi) is 8.72. The fourth-order valence-electron chi connectivity index (χ4n) is 8.32. The zero-order valence-corrected chi connectivity index (χ0v) is 26.5. The van der Waals surface area contributed by atoms with E-state index in [9.17, 15) is 18.3 Å². The van der Waals surface area contributed by atoms with Crippen LogP contribution in [0.3, 0.4) is 0 Å². The van der Waals surface area contributed by atoms with Gasteiger partial charge in [0, 0.05) is 30.6 Å². The van der Waals surface area contributed by atoms with E-state index in [0.717, 1.165) is 87.2 Å². The Bertz CT molecular complexity index is 1470. The number of benzene rings is 2. The van der Waals surface area contributed by atoms with Crippen molar-refractivity contribution in [1.29, 1.82) is 0 Å². The van der Waals surface area contributed by atoms with Crippen LogP contribution in [0, 0.1) is 17.8 Å². The molecule has 1 heterocycles. The number of carboxylic acids is 1. The minimum absolute atomic E-state index is 0.0178. The lowest BCUT2D eigenvalue weighted by atomic mass is 9.65. The molecule has 1 spiro atoms.